The van der Waals surface area contributed by atoms with E-state index in [-0.39, 0.29) is 23.0 Å². The zero-order chi connectivity index (χ0) is 17.0. The maximum atomic E-state index is 12.6. The van der Waals surface area contributed by atoms with Crippen LogP contribution in [0.4, 0.5) is 0 Å². The van der Waals surface area contributed by atoms with Crippen molar-refractivity contribution in [3.63, 3.8) is 0 Å². The monoisotopic (exact) mass is 322 g/mol. The van der Waals surface area contributed by atoms with E-state index >= 15 is 0 Å². The molecule has 0 spiro atoms. The number of benzene rings is 1. The normalized spacial score (nSPS) is 18.0. The molecule has 2 rings (SSSR count). The highest BCUT2D eigenvalue weighted by Crippen LogP contribution is 2.39. The summed E-state index contributed by atoms with van der Waals surface area (Å²) in [4.78, 5) is 14.9. The number of methoxy groups -OCH3 is 2. The molecule has 0 aromatic heterocycles. The van der Waals surface area contributed by atoms with Gasteiger partial charge in [-0.1, -0.05) is 6.92 Å². The van der Waals surface area contributed by atoms with Crippen molar-refractivity contribution in [3.05, 3.63) is 17.2 Å². The molecule has 1 aromatic rings. The molecule has 0 aliphatic carbocycles. The van der Waals surface area contributed by atoms with Crippen LogP contribution in [0, 0.1) is 6.92 Å². The number of ether oxygens (including phenoxy) is 2. The number of hydrogen-bond acceptors (Lipinski definition) is 5. The Morgan fingerprint density at radius 1 is 1.43 bits per heavy atom. The third kappa shape index (κ3) is 3.52. The molecule has 1 atom stereocenters. The van der Waals surface area contributed by atoms with Crippen LogP contribution in [0.5, 0.6) is 17.2 Å². The second-order valence-electron chi connectivity index (χ2n) is 5.79. The lowest BCUT2D eigenvalue weighted by atomic mass is 10.1. The zero-order valence-electron chi connectivity index (χ0n) is 14.3. The van der Waals surface area contributed by atoms with E-state index < -0.39 is 0 Å². The van der Waals surface area contributed by atoms with Gasteiger partial charge < -0.3 is 19.9 Å². The Balaban J connectivity index is 2.19. The topological polar surface area (TPSA) is 71.0 Å². The summed E-state index contributed by atoms with van der Waals surface area (Å²) in [5, 5.41) is 13.2. The molecule has 0 unspecified atom stereocenters. The molecule has 1 fully saturated rings. The Kier molecular flexibility index (Phi) is 5.71. The third-order valence-electron chi connectivity index (χ3n) is 4.46. The summed E-state index contributed by atoms with van der Waals surface area (Å²) < 4.78 is 10.4. The standard InChI is InChI=1S/C17H26N2O4/c1-5-19-8-6-7-12(19)10-18-17(21)14-15(20)13(22-3)9-11(2)16(14)23-4/h9,12,20H,5-8,10H2,1-4H3,(H,18,21)/t12-/m0/s1. The van der Waals surface area contributed by atoms with Crippen LogP contribution < -0.4 is 14.8 Å². The number of likely N-dealkylation sites (N-methyl/N-ethyl adjacent to an activating group) is 1. The molecule has 1 heterocycles. The summed E-state index contributed by atoms with van der Waals surface area (Å²) in [5.41, 5.74) is 0.869. The molecule has 128 valence electrons. The number of hydrogen-bond donors (Lipinski definition) is 2. The predicted octanol–water partition coefficient (Wildman–Crippen LogP) is 1.93. The second-order valence-corrected chi connectivity index (χ2v) is 5.79. The summed E-state index contributed by atoms with van der Waals surface area (Å²) in [6.45, 7) is 6.55. The van der Waals surface area contributed by atoms with Crippen LogP contribution in [0.2, 0.25) is 0 Å². The molecule has 0 radical (unpaired) electrons. The predicted molar refractivity (Wildman–Crippen MR) is 88.6 cm³/mol. The van der Waals surface area contributed by atoms with E-state index in [0.29, 0.717) is 18.3 Å². The van der Waals surface area contributed by atoms with Crippen molar-refractivity contribution in [1.82, 2.24) is 10.2 Å². The van der Waals surface area contributed by atoms with E-state index in [1.54, 1.807) is 6.07 Å². The molecule has 23 heavy (non-hydrogen) atoms. The molecule has 1 aliphatic heterocycles. The summed E-state index contributed by atoms with van der Waals surface area (Å²) in [7, 11) is 2.95. The van der Waals surface area contributed by atoms with Gasteiger partial charge in [-0.15, -0.1) is 0 Å². The Hall–Kier alpha value is -1.95. The van der Waals surface area contributed by atoms with Gasteiger partial charge in [-0.3, -0.25) is 9.69 Å². The number of likely N-dealkylation sites (tertiary alicyclic amines) is 1. The van der Waals surface area contributed by atoms with Crippen LogP contribution in [0.1, 0.15) is 35.7 Å². The summed E-state index contributed by atoms with van der Waals surface area (Å²) in [6.07, 6.45) is 2.23. The van der Waals surface area contributed by atoms with Gasteiger partial charge >= 0.3 is 0 Å². The fourth-order valence-corrected chi connectivity index (χ4v) is 3.23. The van der Waals surface area contributed by atoms with Crippen LogP contribution in [-0.2, 0) is 0 Å². The van der Waals surface area contributed by atoms with Crippen molar-refractivity contribution in [2.24, 2.45) is 0 Å². The van der Waals surface area contributed by atoms with Crippen molar-refractivity contribution in [2.45, 2.75) is 32.7 Å². The number of aromatic hydroxyl groups is 1. The van der Waals surface area contributed by atoms with Gasteiger partial charge in [-0.25, -0.2) is 0 Å². The van der Waals surface area contributed by atoms with E-state index in [2.05, 4.69) is 17.1 Å². The van der Waals surface area contributed by atoms with Gasteiger partial charge in [0.15, 0.2) is 11.5 Å². The van der Waals surface area contributed by atoms with E-state index in [1.165, 1.54) is 14.2 Å². The Bertz CT molecular complexity index is 574. The van der Waals surface area contributed by atoms with Crippen molar-refractivity contribution in [1.29, 1.82) is 0 Å². The lowest BCUT2D eigenvalue weighted by Gasteiger charge is -2.23. The SMILES string of the molecule is CCN1CCC[C@H]1CNC(=O)c1c(O)c(OC)cc(C)c1OC. The van der Waals surface area contributed by atoms with Crippen LogP contribution in [0.15, 0.2) is 6.07 Å². The molecule has 1 amide bonds. The summed E-state index contributed by atoms with van der Waals surface area (Å²) >= 11 is 0. The first-order chi connectivity index (χ1) is 11.0. The minimum absolute atomic E-state index is 0.130. The molecular weight excluding hydrogens is 296 g/mol. The number of phenols is 1. The average molecular weight is 322 g/mol. The first-order valence-corrected chi connectivity index (χ1v) is 8.00. The number of nitrogens with one attached hydrogen (secondary N) is 1. The number of amides is 1. The first-order valence-electron chi connectivity index (χ1n) is 8.00. The highest BCUT2D eigenvalue weighted by atomic mass is 16.5. The highest BCUT2D eigenvalue weighted by molar-refractivity contribution is 6.01. The lowest BCUT2D eigenvalue weighted by Crippen LogP contribution is -2.40. The van der Waals surface area contributed by atoms with E-state index in [4.69, 9.17) is 9.47 Å². The van der Waals surface area contributed by atoms with E-state index in [0.717, 1.165) is 31.5 Å². The van der Waals surface area contributed by atoms with E-state index in [1.807, 2.05) is 6.92 Å². The van der Waals surface area contributed by atoms with Gasteiger partial charge in [0.1, 0.15) is 11.3 Å². The number of phenolic OH excluding ortho intramolecular Hbond substituents is 1. The van der Waals surface area contributed by atoms with Gasteiger partial charge in [0.25, 0.3) is 5.91 Å². The quantitative estimate of drug-likeness (QED) is 0.837. The van der Waals surface area contributed by atoms with Crippen molar-refractivity contribution in [2.75, 3.05) is 33.9 Å². The molecule has 6 nitrogen and oxygen atoms in total. The average Bonchev–Trinajstić information content (AvgIpc) is 3.01. The maximum absolute atomic E-state index is 12.6. The van der Waals surface area contributed by atoms with Crippen molar-refractivity contribution in [3.8, 4) is 17.2 Å². The minimum Gasteiger partial charge on any atom is -0.504 e. The van der Waals surface area contributed by atoms with Crippen LogP contribution in [0.3, 0.4) is 0 Å². The van der Waals surface area contributed by atoms with Crippen molar-refractivity contribution >= 4 is 5.91 Å². The highest BCUT2D eigenvalue weighted by Gasteiger charge is 2.26. The van der Waals surface area contributed by atoms with Gasteiger partial charge in [-0.05, 0) is 44.5 Å². The molecule has 1 aromatic carbocycles. The molecule has 0 bridgehead atoms. The van der Waals surface area contributed by atoms with Gasteiger partial charge in [-0.2, -0.15) is 0 Å². The molecule has 1 saturated heterocycles. The summed E-state index contributed by atoms with van der Waals surface area (Å²) in [5.74, 6) is 0.111. The molecular formula is C17H26N2O4. The van der Waals surface area contributed by atoms with Crippen LogP contribution >= 0.6 is 0 Å². The summed E-state index contributed by atoms with van der Waals surface area (Å²) in [6, 6.07) is 2.00. The molecule has 1 aliphatic rings. The Labute approximate surface area is 137 Å². The van der Waals surface area contributed by atoms with Gasteiger partial charge in [0, 0.05) is 12.6 Å². The fraction of sp³-hybridized carbons (Fsp3) is 0.588. The smallest absolute Gasteiger partial charge is 0.259 e. The Morgan fingerprint density at radius 3 is 2.78 bits per heavy atom. The largest absolute Gasteiger partial charge is 0.504 e. The van der Waals surface area contributed by atoms with Crippen molar-refractivity contribution < 1.29 is 19.4 Å². The Morgan fingerprint density at radius 2 is 2.17 bits per heavy atom. The minimum atomic E-state index is -0.343. The first kappa shape index (κ1) is 17.4. The van der Waals surface area contributed by atoms with Crippen LogP contribution in [-0.4, -0.2) is 55.8 Å². The zero-order valence-corrected chi connectivity index (χ0v) is 14.3. The molecule has 0 saturated carbocycles. The number of carbonyl (C=O) groups excluding carboxylic acids is 1. The number of nitrogens with zero attached hydrogens (tertiary/aromatic N) is 1. The maximum Gasteiger partial charge on any atom is 0.259 e. The molecule has 6 heteroatoms. The lowest BCUT2D eigenvalue weighted by molar-refractivity contribution is 0.0934. The van der Waals surface area contributed by atoms with Gasteiger partial charge in [0.05, 0.1) is 14.2 Å². The third-order valence-corrected chi connectivity index (χ3v) is 4.46. The number of carbonyl (C=O) groups is 1. The fourth-order valence-electron chi connectivity index (χ4n) is 3.23. The number of aryl methyl sites for hydroxylation is 1. The van der Waals surface area contributed by atoms with E-state index in [9.17, 15) is 9.90 Å². The van der Waals surface area contributed by atoms with Crippen LogP contribution in [0.25, 0.3) is 0 Å². The second kappa shape index (κ2) is 7.55. The molecule has 2 N–H and O–H groups in total. The van der Waals surface area contributed by atoms with Gasteiger partial charge in [0.2, 0.25) is 0 Å². The number of rotatable bonds is 6.